The third-order valence-corrected chi connectivity index (χ3v) is 2.39. The fourth-order valence-corrected chi connectivity index (χ4v) is 1.46. The van der Waals surface area contributed by atoms with E-state index in [4.69, 9.17) is 0 Å². The lowest BCUT2D eigenvalue weighted by Crippen LogP contribution is -1.96. The molecule has 17 heavy (non-hydrogen) atoms. The molecule has 0 bridgehead atoms. The van der Waals surface area contributed by atoms with Crippen LogP contribution in [-0.4, -0.2) is 5.91 Å². The maximum atomic E-state index is 11.8. The van der Waals surface area contributed by atoms with Crippen molar-refractivity contribution >= 4 is 11.6 Å². The molecule has 0 aliphatic heterocycles. The Morgan fingerprint density at radius 3 is 2.29 bits per heavy atom. The first-order valence-electron chi connectivity index (χ1n) is 5.34. The predicted molar refractivity (Wildman–Crippen MR) is 66.5 cm³/mol. The molecule has 0 saturated carbocycles. The van der Waals surface area contributed by atoms with Crippen LogP contribution in [0.4, 0.5) is 5.69 Å². The Balaban J connectivity index is 2.18. The molecular formula is C14H12N2O. The van der Waals surface area contributed by atoms with Crippen molar-refractivity contribution < 1.29 is 4.79 Å². The molecule has 0 fully saturated rings. The minimum Gasteiger partial charge on any atom is -0.265 e. The van der Waals surface area contributed by atoms with Crippen molar-refractivity contribution in [2.45, 2.75) is 6.92 Å². The summed E-state index contributed by atoms with van der Waals surface area (Å²) < 4.78 is 0. The average Bonchev–Trinajstić information content (AvgIpc) is 2.38. The molecule has 0 aromatic heterocycles. The predicted octanol–water partition coefficient (Wildman–Crippen LogP) is 3.92. The Morgan fingerprint density at radius 2 is 1.59 bits per heavy atom. The second-order valence-corrected chi connectivity index (χ2v) is 3.66. The molecule has 0 spiro atoms. The van der Waals surface area contributed by atoms with Crippen LogP contribution in [0.25, 0.3) is 0 Å². The molecule has 0 radical (unpaired) electrons. The number of aryl methyl sites for hydroxylation is 1. The van der Waals surface area contributed by atoms with E-state index in [1.165, 1.54) is 0 Å². The summed E-state index contributed by atoms with van der Waals surface area (Å²) in [6, 6.07) is 16.5. The fraction of sp³-hybridized carbons (Fsp3) is 0.0714. The minimum atomic E-state index is -0.313. The zero-order valence-corrected chi connectivity index (χ0v) is 9.50. The summed E-state index contributed by atoms with van der Waals surface area (Å²) in [6.45, 7) is 1.88. The van der Waals surface area contributed by atoms with Crippen molar-refractivity contribution in [2.75, 3.05) is 0 Å². The second kappa shape index (κ2) is 5.16. The van der Waals surface area contributed by atoms with Gasteiger partial charge in [0.25, 0.3) is 5.91 Å². The molecule has 2 aromatic carbocycles. The van der Waals surface area contributed by atoms with Gasteiger partial charge in [-0.2, -0.15) is 0 Å². The maximum Gasteiger partial charge on any atom is 0.295 e. The van der Waals surface area contributed by atoms with E-state index >= 15 is 0 Å². The topological polar surface area (TPSA) is 41.8 Å². The Bertz CT molecular complexity index is 547. The van der Waals surface area contributed by atoms with Crippen molar-refractivity contribution in [3.63, 3.8) is 0 Å². The van der Waals surface area contributed by atoms with Crippen LogP contribution in [0.3, 0.4) is 0 Å². The van der Waals surface area contributed by atoms with Crippen LogP contribution < -0.4 is 0 Å². The molecule has 1 amide bonds. The highest BCUT2D eigenvalue weighted by atomic mass is 16.1. The standard InChI is InChI=1S/C14H12N2O/c1-11-7-5-6-10-13(11)14(17)16-15-12-8-3-2-4-9-12/h2-10H,1H3. The first kappa shape index (κ1) is 11.2. The van der Waals surface area contributed by atoms with Gasteiger partial charge in [0.05, 0.1) is 5.69 Å². The van der Waals surface area contributed by atoms with Crippen LogP contribution in [0.2, 0.25) is 0 Å². The summed E-state index contributed by atoms with van der Waals surface area (Å²) in [5.41, 5.74) is 2.17. The van der Waals surface area contributed by atoms with E-state index in [1.807, 2.05) is 43.3 Å². The number of carbonyl (C=O) groups excluding carboxylic acids is 1. The lowest BCUT2D eigenvalue weighted by molar-refractivity contribution is 0.0994. The summed E-state index contributed by atoms with van der Waals surface area (Å²) in [6.07, 6.45) is 0. The molecule has 0 unspecified atom stereocenters. The van der Waals surface area contributed by atoms with Gasteiger partial charge in [0, 0.05) is 5.56 Å². The van der Waals surface area contributed by atoms with Crippen molar-refractivity contribution in [2.24, 2.45) is 10.2 Å². The van der Waals surface area contributed by atoms with Gasteiger partial charge in [0.2, 0.25) is 0 Å². The van der Waals surface area contributed by atoms with Crippen molar-refractivity contribution in [3.05, 3.63) is 65.7 Å². The smallest absolute Gasteiger partial charge is 0.265 e. The van der Waals surface area contributed by atoms with Crippen LogP contribution in [0.1, 0.15) is 15.9 Å². The van der Waals surface area contributed by atoms with Gasteiger partial charge in [-0.15, -0.1) is 10.2 Å². The summed E-state index contributed by atoms with van der Waals surface area (Å²) >= 11 is 0. The van der Waals surface area contributed by atoms with Gasteiger partial charge >= 0.3 is 0 Å². The number of rotatable bonds is 2. The minimum absolute atomic E-state index is 0.313. The molecule has 0 saturated heterocycles. The van der Waals surface area contributed by atoms with Crippen LogP contribution in [0.15, 0.2) is 64.8 Å². The molecule has 0 aliphatic carbocycles. The van der Waals surface area contributed by atoms with Gasteiger partial charge in [0.15, 0.2) is 0 Å². The number of amides is 1. The maximum absolute atomic E-state index is 11.8. The molecule has 0 aliphatic rings. The largest absolute Gasteiger partial charge is 0.295 e. The van der Waals surface area contributed by atoms with Crippen LogP contribution in [0.5, 0.6) is 0 Å². The molecule has 2 aromatic rings. The van der Waals surface area contributed by atoms with E-state index in [0.717, 1.165) is 5.56 Å². The summed E-state index contributed by atoms with van der Waals surface area (Å²) in [5.74, 6) is -0.313. The van der Waals surface area contributed by atoms with Crippen molar-refractivity contribution in [3.8, 4) is 0 Å². The Kier molecular flexibility index (Phi) is 3.40. The lowest BCUT2D eigenvalue weighted by atomic mass is 10.1. The second-order valence-electron chi connectivity index (χ2n) is 3.66. The van der Waals surface area contributed by atoms with Crippen molar-refractivity contribution in [1.82, 2.24) is 0 Å². The first-order valence-corrected chi connectivity index (χ1v) is 5.34. The molecule has 0 atom stereocenters. The van der Waals surface area contributed by atoms with Gasteiger partial charge < -0.3 is 0 Å². The van der Waals surface area contributed by atoms with E-state index in [2.05, 4.69) is 10.2 Å². The molecule has 3 heteroatoms. The molecule has 0 N–H and O–H groups in total. The van der Waals surface area contributed by atoms with Crippen LogP contribution >= 0.6 is 0 Å². The number of azo groups is 1. The summed E-state index contributed by atoms with van der Waals surface area (Å²) in [4.78, 5) is 11.8. The quantitative estimate of drug-likeness (QED) is 0.713. The summed E-state index contributed by atoms with van der Waals surface area (Å²) in [7, 11) is 0. The van der Waals surface area contributed by atoms with E-state index in [0.29, 0.717) is 11.3 Å². The molecule has 0 heterocycles. The molecule has 3 nitrogen and oxygen atoms in total. The fourth-order valence-electron chi connectivity index (χ4n) is 1.46. The highest BCUT2D eigenvalue weighted by Gasteiger charge is 2.06. The zero-order chi connectivity index (χ0) is 12.1. The van der Waals surface area contributed by atoms with Gasteiger partial charge in [-0.05, 0) is 30.7 Å². The number of hydrogen-bond donors (Lipinski definition) is 0. The normalized spacial score (nSPS) is 10.6. The number of nitrogens with zero attached hydrogens (tertiary/aromatic N) is 2. The SMILES string of the molecule is Cc1ccccc1C(=O)N=Nc1ccccc1. The zero-order valence-electron chi connectivity index (χ0n) is 9.50. The monoisotopic (exact) mass is 224 g/mol. The van der Waals surface area contributed by atoms with Gasteiger partial charge in [0.1, 0.15) is 0 Å². The van der Waals surface area contributed by atoms with E-state index in [1.54, 1.807) is 18.2 Å². The summed E-state index contributed by atoms with van der Waals surface area (Å²) in [5, 5.41) is 7.61. The van der Waals surface area contributed by atoms with Gasteiger partial charge in [-0.25, -0.2) is 0 Å². The van der Waals surface area contributed by atoms with Gasteiger partial charge in [-0.1, -0.05) is 36.4 Å². The highest BCUT2D eigenvalue weighted by Crippen LogP contribution is 2.13. The van der Waals surface area contributed by atoms with Crippen LogP contribution in [0, 0.1) is 6.92 Å². The highest BCUT2D eigenvalue weighted by molar-refractivity contribution is 5.96. The molecule has 2 rings (SSSR count). The Morgan fingerprint density at radius 1 is 0.941 bits per heavy atom. The van der Waals surface area contributed by atoms with Gasteiger partial charge in [-0.3, -0.25) is 4.79 Å². The first-order chi connectivity index (χ1) is 8.27. The van der Waals surface area contributed by atoms with E-state index < -0.39 is 0 Å². The number of carbonyl (C=O) groups is 1. The Hall–Kier alpha value is -2.29. The Labute approximate surface area is 99.8 Å². The van der Waals surface area contributed by atoms with E-state index in [-0.39, 0.29) is 5.91 Å². The number of hydrogen-bond acceptors (Lipinski definition) is 2. The third kappa shape index (κ3) is 2.84. The molecular weight excluding hydrogens is 212 g/mol. The average molecular weight is 224 g/mol. The van der Waals surface area contributed by atoms with E-state index in [9.17, 15) is 4.79 Å². The number of benzene rings is 2. The molecule has 84 valence electrons. The van der Waals surface area contributed by atoms with Crippen LogP contribution in [-0.2, 0) is 0 Å². The van der Waals surface area contributed by atoms with Crippen molar-refractivity contribution in [1.29, 1.82) is 0 Å². The lowest BCUT2D eigenvalue weighted by Gasteiger charge is -1.98. The third-order valence-electron chi connectivity index (χ3n) is 2.39.